The molecule has 0 saturated carbocycles. The molecule has 0 rings (SSSR count). The Hall–Kier alpha value is -3.44. The van der Waals surface area contributed by atoms with Gasteiger partial charge in [-0.1, -0.05) is 220 Å². The van der Waals surface area contributed by atoms with Crippen LogP contribution in [0.15, 0.2) is 109 Å². The van der Waals surface area contributed by atoms with E-state index in [9.17, 15) is 9.59 Å². The van der Waals surface area contributed by atoms with Crippen LogP contribution in [0.5, 0.6) is 0 Å². The second-order valence-electron chi connectivity index (χ2n) is 17.0. The van der Waals surface area contributed by atoms with Crippen LogP contribution < -0.4 is 0 Å². The van der Waals surface area contributed by atoms with Gasteiger partial charge < -0.3 is 14.2 Å². The number of hydrogen-bond acceptors (Lipinski definition) is 5. The molecule has 0 aliphatic carbocycles. The summed E-state index contributed by atoms with van der Waals surface area (Å²) >= 11 is 0. The minimum Gasteiger partial charge on any atom is -0.462 e. The molecule has 364 valence electrons. The number of allylic oxidation sites excluding steroid dienone is 17. The second-order valence-corrected chi connectivity index (χ2v) is 17.0. The molecule has 0 aromatic heterocycles. The van der Waals surface area contributed by atoms with Gasteiger partial charge in [0, 0.05) is 13.0 Å². The van der Waals surface area contributed by atoms with Crippen molar-refractivity contribution in [2.24, 2.45) is 0 Å². The largest absolute Gasteiger partial charge is 0.462 e. The summed E-state index contributed by atoms with van der Waals surface area (Å²) in [5.74, 6) is -0.562. The van der Waals surface area contributed by atoms with E-state index in [1.807, 2.05) is 12.2 Å². The number of rotatable bonds is 47. The lowest BCUT2D eigenvalue weighted by molar-refractivity contribution is -0.162. The first-order valence-corrected chi connectivity index (χ1v) is 26.4. The molecule has 0 fully saturated rings. The fourth-order valence-corrected chi connectivity index (χ4v) is 6.95. The fourth-order valence-electron chi connectivity index (χ4n) is 6.95. The van der Waals surface area contributed by atoms with Crippen LogP contribution in [0.2, 0.25) is 0 Å². The van der Waals surface area contributed by atoms with Crippen molar-refractivity contribution in [2.75, 3.05) is 19.8 Å². The van der Waals surface area contributed by atoms with Crippen molar-refractivity contribution in [1.29, 1.82) is 0 Å². The highest BCUT2D eigenvalue weighted by atomic mass is 16.6. The summed E-state index contributed by atoms with van der Waals surface area (Å²) in [7, 11) is 0. The van der Waals surface area contributed by atoms with Gasteiger partial charge in [0.1, 0.15) is 6.61 Å². The molecule has 0 amide bonds. The molecule has 0 N–H and O–H groups in total. The Morgan fingerprint density at radius 3 is 1.22 bits per heavy atom. The number of esters is 2. The Bertz CT molecular complexity index is 1280. The van der Waals surface area contributed by atoms with Gasteiger partial charge in [-0.05, 0) is 103 Å². The molecule has 0 spiro atoms. The van der Waals surface area contributed by atoms with E-state index in [-0.39, 0.29) is 31.6 Å². The molecule has 1 atom stereocenters. The molecule has 0 aromatic carbocycles. The van der Waals surface area contributed by atoms with E-state index in [1.54, 1.807) is 0 Å². The molecule has 0 heterocycles. The maximum Gasteiger partial charge on any atom is 0.310 e. The van der Waals surface area contributed by atoms with E-state index >= 15 is 0 Å². The molecular formula is C59H98O5. The molecular weight excluding hydrogens is 789 g/mol. The van der Waals surface area contributed by atoms with Crippen LogP contribution in [0.1, 0.15) is 226 Å². The summed E-state index contributed by atoms with van der Waals surface area (Å²) in [6.07, 6.45) is 74.2. The second kappa shape index (κ2) is 53.9. The van der Waals surface area contributed by atoms with E-state index in [0.29, 0.717) is 13.0 Å². The average Bonchev–Trinajstić information content (AvgIpc) is 3.30. The summed E-state index contributed by atoms with van der Waals surface area (Å²) in [6.45, 7) is 7.44. The van der Waals surface area contributed by atoms with Crippen molar-refractivity contribution >= 4 is 11.9 Å². The topological polar surface area (TPSA) is 61.8 Å². The molecule has 0 aromatic rings. The molecule has 0 bridgehead atoms. The van der Waals surface area contributed by atoms with Crippen molar-refractivity contribution in [1.82, 2.24) is 0 Å². The van der Waals surface area contributed by atoms with Gasteiger partial charge in [0.2, 0.25) is 0 Å². The number of hydrogen-bond donors (Lipinski definition) is 0. The number of unbranched alkanes of at least 4 members (excludes halogenated alkanes) is 19. The summed E-state index contributed by atoms with van der Waals surface area (Å²) in [5.41, 5.74) is 0. The highest BCUT2D eigenvalue weighted by Gasteiger charge is 2.17. The normalized spacial score (nSPS) is 13.1. The van der Waals surface area contributed by atoms with E-state index in [0.717, 1.165) is 96.3 Å². The Balaban J connectivity index is 4.40. The van der Waals surface area contributed by atoms with Crippen LogP contribution in [0, 0.1) is 0 Å². The van der Waals surface area contributed by atoms with Gasteiger partial charge in [-0.25, -0.2) is 0 Å². The van der Waals surface area contributed by atoms with Gasteiger partial charge in [-0.15, -0.1) is 0 Å². The minimum atomic E-state index is -0.609. The van der Waals surface area contributed by atoms with E-state index in [2.05, 4.69) is 118 Å². The summed E-state index contributed by atoms with van der Waals surface area (Å²) in [6, 6.07) is 0. The standard InChI is InChI=1S/C59H98O5/c1-4-7-10-13-16-19-22-25-28-29-30-31-33-34-37-40-43-46-49-52-58(60)63-56-57(55-62-54-51-48-45-42-39-36-27-24-21-18-15-12-9-6-3)64-59(61)53-50-47-44-41-38-35-32-26-23-20-17-14-11-8-5-2/h8-9,11-12,17-18,20-21,25-28,32,36,38,41,47,50,57H,4-7,10,13-16,19,22-24,29-31,33-35,37,39-40,42-46,48-49,51-56H2,1-3H3/b11-8-,12-9-,20-17-,21-18-,28-25-,32-26-,36-27-,41-38-,50-47-. The highest BCUT2D eigenvalue weighted by Crippen LogP contribution is 2.13. The maximum absolute atomic E-state index is 12.7. The van der Waals surface area contributed by atoms with Gasteiger partial charge in [0.25, 0.3) is 0 Å². The molecule has 1 unspecified atom stereocenters. The number of carbonyl (C=O) groups excluding carboxylic acids is 2. The predicted octanol–water partition coefficient (Wildman–Crippen LogP) is 18.0. The fraction of sp³-hybridized carbons (Fsp3) is 0.661. The van der Waals surface area contributed by atoms with Crippen LogP contribution in [-0.4, -0.2) is 37.9 Å². The van der Waals surface area contributed by atoms with Crippen LogP contribution in [0.3, 0.4) is 0 Å². The first-order valence-electron chi connectivity index (χ1n) is 26.4. The van der Waals surface area contributed by atoms with Crippen LogP contribution in [0.4, 0.5) is 0 Å². The highest BCUT2D eigenvalue weighted by molar-refractivity contribution is 5.71. The Labute approximate surface area is 395 Å². The summed E-state index contributed by atoms with van der Waals surface area (Å²) < 4.78 is 17.3. The lowest BCUT2D eigenvalue weighted by Gasteiger charge is -2.18. The first kappa shape index (κ1) is 60.6. The van der Waals surface area contributed by atoms with E-state index in [4.69, 9.17) is 14.2 Å². The Morgan fingerprint density at radius 2 is 0.750 bits per heavy atom. The Morgan fingerprint density at radius 1 is 0.375 bits per heavy atom. The maximum atomic E-state index is 12.7. The SMILES string of the molecule is CC/C=C\C/C=C\C/C=C\C/C=C\C/C=C\CC(=O)OC(COCCCCCC/C=C\C/C=C\C/C=C\CC)COC(=O)CCCCCCCCCCC/C=C\CCCCCCCC. The third kappa shape index (κ3) is 51.2. The monoisotopic (exact) mass is 887 g/mol. The van der Waals surface area contributed by atoms with Crippen molar-refractivity contribution in [3.8, 4) is 0 Å². The zero-order chi connectivity index (χ0) is 46.3. The molecule has 0 aliphatic rings. The van der Waals surface area contributed by atoms with Gasteiger partial charge in [0.05, 0.1) is 13.0 Å². The zero-order valence-electron chi connectivity index (χ0n) is 41.8. The van der Waals surface area contributed by atoms with Crippen LogP contribution in [0.25, 0.3) is 0 Å². The van der Waals surface area contributed by atoms with Gasteiger partial charge in [-0.2, -0.15) is 0 Å². The molecule has 5 heteroatoms. The Kier molecular flexibility index (Phi) is 51.0. The van der Waals surface area contributed by atoms with Gasteiger partial charge >= 0.3 is 11.9 Å². The van der Waals surface area contributed by atoms with Crippen molar-refractivity contribution < 1.29 is 23.8 Å². The quantitative estimate of drug-likeness (QED) is 0.0346. The lowest BCUT2D eigenvalue weighted by Crippen LogP contribution is -2.29. The average molecular weight is 887 g/mol. The van der Waals surface area contributed by atoms with Gasteiger partial charge in [0.15, 0.2) is 6.10 Å². The number of carbonyl (C=O) groups is 2. The summed E-state index contributed by atoms with van der Waals surface area (Å²) in [5, 5.41) is 0. The van der Waals surface area contributed by atoms with Crippen molar-refractivity contribution in [3.63, 3.8) is 0 Å². The van der Waals surface area contributed by atoms with Gasteiger partial charge in [-0.3, -0.25) is 9.59 Å². The third-order valence-electron chi connectivity index (χ3n) is 10.8. The summed E-state index contributed by atoms with van der Waals surface area (Å²) in [4.78, 5) is 25.4. The van der Waals surface area contributed by atoms with Crippen molar-refractivity contribution in [2.45, 2.75) is 232 Å². The minimum absolute atomic E-state index is 0.0299. The first-order chi connectivity index (χ1) is 31.6. The predicted molar refractivity (Wildman–Crippen MR) is 279 cm³/mol. The third-order valence-corrected chi connectivity index (χ3v) is 10.8. The molecule has 64 heavy (non-hydrogen) atoms. The molecule has 5 nitrogen and oxygen atoms in total. The number of ether oxygens (including phenoxy) is 3. The zero-order valence-corrected chi connectivity index (χ0v) is 41.8. The van der Waals surface area contributed by atoms with Crippen LogP contribution in [-0.2, 0) is 23.8 Å². The van der Waals surface area contributed by atoms with Crippen LogP contribution >= 0.6 is 0 Å². The van der Waals surface area contributed by atoms with E-state index in [1.165, 1.54) is 96.3 Å². The van der Waals surface area contributed by atoms with E-state index < -0.39 is 6.10 Å². The lowest BCUT2D eigenvalue weighted by atomic mass is 10.1. The smallest absolute Gasteiger partial charge is 0.310 e. The molecule has 0 radical (unpaired) electrons. The molecule has 0 saturated heterocycles. The molecule has 0 aliphatic heterocycles. The van der Waals surface area contributed by atoms with Crippen molar-refractivity contribution in [3.05, 3.63) is 109 Å².